The number of carbonyl (C=O) groups excluding carboxylic acids is 1. The first-order chi connectivity index (χ1) is 11.6. The molecule has 4 nitrogen and oxygen atoms in total. The molecule has 126 valence electrons. The lowest BCUT2D eigenvalue weighted by Crippen LogP contribution is -2.39. The van der Waals surface area contributed by atoms with Crippen LogP contribution >= 0.6 is 0 Å². The van der Waals surface area contributed by atoms with Gasteiger partial charge in [0.05, 0.1) is 0 Å². The van der Waals surface area contributed by atoms with Crippen LogP contribution in [0.2, 0.25) is 0 Å². The molecule has 1 aliphatic rings. The van der Waals surface area contributed by atoms with Gasteiger partial charge in [0.1, 0.15) is 5.75 Å². The van der Waals surface area contributed by atoms with Crippen molar-refractivity contribution in [1.29, 1.82) is 0 Å². The van der Waals surface area contributed by atoms with Crippen LogP contribution in [0.25, 0.3) is 11.1 Å². The SMILES string of the molecule is C[C@@H](CN1CCCC1=O)NCc1cc(-c2ccccc2)ccc1O. The summed E-state index contributed by atoms with van der Waals surface area (Å²) in [4.78, 5) is 13.6. The Morgan fingerprint density at radius 1 is 1.17 bits per heavy atom. The van der Waals surface area contributed by atoms with Gasteiger partial charge < -0.3 is 15.3 Å². The van der Waals surface area contributed by atoms with Crippen molar-refractivity contribution in [2.75, 3.05) is 13.1 Å². The van der Waals surface area contributed by atoms with Crippen molar-refractivity contribution in [2.45, 2.75) is 32.4 Å². The van der Waals surface area contributed by atoms with Crippen molar-refractivity contribution < 1.29 is 9.90 Å². The number of benzene rings is 2. The quantitative estimate of drug-likeness (QED) is 0.858. The lowest BCUT2D eigenvalue weighted by molar-refractivity contribution is -0.127. The zero-order valence-corrected chi connectivity index (χ0v) is 14.0. The molecule has 3 rings (SSSR count). The first-order valence-electron chi connectivity index (χ1n) is 8.52. The van der Waals surface area contributed by atoms with Gasteiger partial charge in [-0.2, -0.15) is 0 Å². The summed E-state index contributed by atoms with van der Waals surface area (Å²) < 4.78 is 0. The van der Waals surface area contributed by atoms with E-state index in [0.29, 0.717) is 18.7 Å². The van der Waals surface area contributed by atoms with E-state index in [-0.39, 0.29) is 11.9 Å². The van der Waals surface area contributed by atoms with Gasteiger partial charge in [-0.25, -0.2) is 0 Å². The molecule has 1 saturated heterocycles. The number of rotatable bonds is 6. The van der Waals surface area contributed by atoms with Gasteiger partial charge >= 0.3 is 0 Å². The number of carbonyl (C=O) groups is 1. The van der Waals surface area contributed by atoms with E-state index < -0.39 is 0 Å². The van der Waals surface area contributed by atoms with Gasteiger partial charge in [0, 0.05) is 37.7 Å². The summed E-state index contributed by atoms with van der Waals surface area (Å²) >= 11 is 0. The zero-order chi connectivity index (χ0) is 16.9. The molecule has 0 radical (unpaired) electrons. The summed E-state index contributed by atoms with van der Waals surface area (Å²) in [7, 11) is 0. The van der Waals surface area contributed by atoms with Gasteiger partial charge in [0.15, 0.2) is 0 Å². The molecule has 2 aromatic carbocycles. The third-order valence-corrected chi connectivity index (χ3v) is 4.49. The molecular weight excluding hydrogens is 300 g/mol. The molecule has 24 heavy (non-hydrogen) atoms. The van der Waals surface area contributed by atoms with Crippen LogP contribution in [-0.4, -0.2) is 35.0 Å². The second-order valence-corrected chi connectivity index (χ2v) is 6.43. The Hall–Kier alpha value is -2.33. The summed E-state index contributed by atoms with van der Waals surface area (Å²) in [6, 6.07) is 16.0. The molecule has 2 N–H and O–H groups in total. The van der Waals surface area contributed by atoms with Gasteiger partial charge in [-0.3, -0.25) is 4.79 Å². The fraction of sp³-hybridized carbons (Fsp3) is 0.350. The van der Waals surface area contributed by atoms with Crippen molar-refractivity contribution in [3.8, 4) is 16.9 Å². The highest BCUT2D eigenvalue weighted by Crippen LogP contribution is 2.25. The molecule has 0 unspecified atom stereocenters. The van der Waals surface area contributed by atoms with Crippen LogP contribution in [-0.2, 0) is 11.3 Å². The van der Waals surface area contributed by atoms with Crippen molar-refractivity contribution in [3.05, 3.63) is 54.1 Å². The molecule has 0 spiro atoms. The van der Waals surface area contributed by atoms with Crippen LogP contribution in [0.4, 0.5) is 0 Å². The molecule has 1 fully saturated rings. The third-order valence-electron chi connectivity index (χ3n) is 4.49. The van der Waals surface area contributed by atoms with E-state index in [9.17, 15) is 9.90 Å². The van der Waals surface area contributed by atoms with Crippen LogP contribution in [0.15, 0.2) is 48.5 Å². The van der Waals surface area contributed by atoms with E-state index in [2.05, 4.69) is 24.4 Å². The highest BCUT2D eigenvalue weighted by atomic mass is 16.3. The number of amides is 1. The van der Waals surface area contributed by atoms with Crippen LogP contribution in [0.1, 0.15) is 25.3 Å². The molecule has 1 atom stereocenters. The molecule has 2 aromatic rings. The fourth-order valence-corrected chi connectivity index (χ4v) is 3.11. The third kappa shape index (κ3) is 3.95. The molecule has 0 aromatic heterocycles. The minimum absolute atomic E-state index is 0.187. The van der Waals surface area contributed by atoms with Gasteiger partial charge in [-0.1, -0.05) is 36.4 Å². The Morgan fingerprint density at radius 3 is 2.67 bits per heavy atom. The summed E-state index contributed by atoms with van der Waals surface area (Å²) in [5.74, 6) is 0.546. The van der Waals surface area contributed by atoms with Crippen molar-refractivity contribution >= 4 is 5.91 Å². The second kappa shape index (κ2) is 7.49. The number of hydrogen-bond acceptors (Lipinski definition) is 3. The zero-order valence-electron chi connectivity index (χ0n) is 14.0. The number of nitrogens with zero attached hydrogens (tertiary/aromatic N) is 1. The van der Waals surface area contributed by atoms with E-state index in [4.69, 9.17) is 0 Å². The predicted octanol–water partition coefficient (Wildman–Crippen LogP) is 3.16. The predicted molar refractivity (Wildman–Crippen MR) is 95.7 cm³/mol. The van der Waals surface area contributed by atoms with Crippen LogP contribution in [0.3, 0.4) is 0 Å². The van der Waals surface area contributed by atoms with Crippen molar-refractivity contribution in [2.24, 2.45) is 0 Å². The largest absolute Gasteiger partial charge is 0.508 e. The van der Waals surface area contributed by atoms with Gasteiger partial charge in [-0.15, -0.1) is 0 Å². The van der Waals surface area contributed by atoms with Gasteiger partial charge in [-0.05, 0) is 36.6 Å². The molecule has 1 heterocycles. The number of hydrogen-bond donors (Lipinski definition) is 2. The molecular formula is C20H24N2O2. The summed E-state index contributed by atoms with van der Waals surface area (Å²) in [6.07, 6.45) is 1.64. The van der Waals surface area contributed by atoms with Crippen LogP contribution < -0.4 is 5.32 Å². The Bertz CT molecular complexity index is 700. The number of phenolic OH excluding ortho intramolecular Hbond substituents is 1. The maximum atomic E-state index is 11.7. The number of phenols is 1. The standard InChI is InChI=1S/C20H24N2O2/c1-15(14-22-11-5-8-20(22)24)21-13-18-12-17(9-10-19(18)23)16-6-3-2-4-7-16/h2-4,6-7,9-10,12,15,21,23H,5,8,11,13-14H2,1H3/t15-/m0/s1. The van der Waals surface area contributed by atoms with E-state index in [1.165, 1.54) is 0 Å². The number of aromatic hydroxyl groups is 1. The van der Waals surface area contributed by atoms with Gasteiger partial charge in [0.2, 0.25) is 5.91 Å². The lowest BCUT2D eigenvalue weighted by atomic mass is 10.0. The first kappa shape index (κ1) is 16.5. The van der Waals surface area contributed by atoms with E-state index in [1.807, 2.05) is 35.2 Å². The molecule has 0 bridgehead atoms. The Kier molecular flexibility index (Phi) is 5.16. The van der Waals surface area contributed by atoms with Crippen LogP contribution in [0, 0.1) is 0 Å². The molecule has 1 amide bonds. The van der Waals surface area contributed by atoms with E-state index in [0.717, 1.165) is 36.2 Å². The Balaban J connectivity index is 1.63. The van der Waals surface area contributed by atoms with Crippen LogP contribution in [0.5, 0.6) is 5.75 Å². The van der Waals surface area contributed by atoms with Crippen molar-refractivity contribution in [1.82, 2.24) is 10.2 Å². The molecule has 1 aliphatic heterocycles. The summed E-state index contributed by atoms with van der Waals surface area (Å²) in [5.41, 5.74) is 3.10. The van der Waals surface area contributed by atoms with E-state index >= 15 is 0 Å². The van der Waals surface area contributed by atoms with E-state index in [1.54, 1.807) is 6.07 Å². The first-order valence-corrected chi connectivity index (χ1v) is 8.52. The highest BCUT2D eigenvalue weighted by molar-refractivity contribution is 5.78. The molecule has 0 aliphatic carbocycles. The topological polar surface area (TPSA) is 52.6 Å². The van der Waals surface area contributed by atoms with Crippen molar-refractivity contribution in [3.63, 3.8) is 0 Å². The monoisotopic (exact) mass is 324 g/mol. The molecule has 0 saturated carbocycles. The summed E-state index contributed by atoms with van der Waals surface area (Å²) in [5, 5.41) is 13.5. The highest BCUT2D eigenvalue weighted by Gasteiger charge is 2.21. The number of likely N-dealkylation sites (tertiary alicyclic amines) is 1. The average Bonchev–Trinajstić information content (AvgIpc) is 3.00. The average molecular weight is 324 g/mol. The summed E-state index contributed by atoms with van der Waals surface area (Å²) in [6.45, 7) is 4.23. The fourth-order valence-electron chi connectivity index (χ4n) is 3.11. The Labute approximate surface area is 143 Å². The minimum Gasteiger partial charge on any atom is -0.508 e. The second-order valence-electron chi connectivity index (χ2n) is 6.43. The molecule has 4 heteroatoms. The number of nitrogens with one attached hydrogen (secondary N) is 1. The minimum atomic E-state index is 0.187. The smallest absolute Gasteiger partial charge is 0.222 e. The maximum Gasteiger partial charge on any atom is 0.222 e. The van der Waals surface area contributed by atoms with Gasteiger partial charge in [0.25, 0.3) is 0 Å². The maximum absolute atomic E-state index is 11.7. The lowest BCUT2D eigenvalue weighted by Gasteiger charge is -2.22. The Morgan fingerprint density at radius 2 is 1.96 bits per heavy atom. The normalized spacial score (nSPS) is 15.7.